The third-order valence-electron chi connectivity index (χ3n) is 3.75. The quantitative estimate of drug-likeness (QED) is 0.742. The molecule has 0 aromatic heterocycles. The first-order valence-electron chi connectivity index (χ1n) is 6.71. The Balaban J connectivity index is 2.45. The first kappa shape index (κ1) is 14.5. The number of nitrogens with zero attached hydrogens (tertiary/aromatic N) is 1. The zero-order valence-electron chi connectivity index (χ0n) is 11.3. The van der Waals surface area contributed by atoms with Gasteiger partial charge < -0.3 is 15.3 Å². The summed E-state index contributed by atoms with van der Waals surface area (Å²) < 4.78 is 0. The van der Waals surface area contributed by atoms with Crippen LogP contribution in [0.15, 0.2) is 0 Å². The smallest absolute Gasteiger partial charge is 0.322 e. The van der Waals surface area contributed by atoms with Crippen LogP contribution in [0.25, 0.3) is 0 Å². The summed E-state index contributed by atoms with van der Waals surface area (Å²) in [5.41, 5.74) is 0. The zero-order valence-corrected chi connectivity index (χ0v) is 11.3. The van der Waals surface area contributed by atoms with Crippen molar-refractivity contribution in [3.8, 4) is 0 Å². The maximum absolute atomic E-state index is 11.1. The predicted molar refractivity (Wildman–Crippen MR) is 69.2 cm³/mol. The highest BCUT2D eigenvalue weighted by molar-refractivity contribution is 5.73. The standard InChI is InChI=1S/C13H26N2O2/c1-4-14-12(13(16)17)9-15(3)11-7-5-6-10(2)8-11/h10-12,14H,4-9H2,1-3H3,(H,16,17). The van der Waals surface area contributed by atoms with Crippen molar-refractivity contribution in [3.63, 3.8) is 0 Å². The Hall–Kier alpha value is -0.610. The number of rotatable bonds is 6. The Morgan fingerprint density at radius 3 is 2.76 bits per heavy atom. The SMILES string of the molecule is CCNC(CN(C)C1CCCC(C)C1)C(=O)O. The van der Waals surface area contributed by atoms with Crippen molar-refractivity contribution in [1.29, 1.82) is 0 Å². The Labute approximate surface area is 104 Å². The van der Waals surface area contributed by atoms with E-state index in [2.05, 4.69) is 24.2 Å². The number of hydrogen-bond acceptors (Lipinski definition) is 3. The van der Waals surface area contributed by atoms with E-state index in [0.717, 1.165) is 5.92 Å². The number of likely N-dealkylation sites (N-methyl/N-ethyl adjacent to an activating group) is 2. The molecule has 1 rings (SSSR count). The van der Waals surface area contributed by atoms with E-state index in [1.165, 1.54) is 25.7 Å². The van der Waals surface area contributed by atoms with Gasteiger partial charge in [0, 0.05) is 12.6 Å². The monoisotopic (exact) mass is 242 g/mol. The minimum Gasteiger partial charge on any atom is -0.480 e. The molecule has 4 heteroatoms. The van der Waals surface area contributed by atoms with Crippen molar-refractivity contribution in [1.82, 2.24) is 10.2 Å². The second kappa shape index (κ2) is 6.97. The van der Waals surface area contributed by atoms with Crippen LogP contribution in [0.4, 0.5) is 0 Å². The van der Waals surface area contributed by atoms with E-state index >= 15 is 0 Å². The Kier molecular flexibility index (Phi) is 5.92. The van der Waals surface area contributed by atoms with E-state index in [-0.39, 0.29) is 0 Å². The second-order valence-electron chi connectivity index (χ2n) is 5.31. The van der Waals surface area contributed by atoms with E-state index in [4.69, 9.17) is 5.11 Å². The van der Waals surface area contributed by atoms with Crippen LogP contribution in [0.3, 0.4) is 0 Å². The molecule has 0 spiro atoms. The van der Waals surface area contributed by atoms with Gasteiger partial charge in [-0.25, -0.2) is 0 Å². The summed E-state index contributed by atoms with van der Waals surface area (Å²) in [5.74, 6) is 0.0289. The fourth-order valence-electron chi connectivity index (χ4n) is 2.72. The molecule has 0 saturated heterocycles. The van der Waals surface area contributed by atoms with Gasteiger partial charge in [0.1, 0.15) is 6.04 Å². The summed E-state index contributed by atoms with van der Waals surface area (Å²) in [6, 6.07) is 0.112. The van der Waals surface area contributed by atoms with E-state index in [0.29, 0.717) is 19.1 Å². The van der Waals surface area contributed by atoms with Crippen molar-refractivity contribution >= 4 is 5.97 Å². The van der Waals surface area contributed by atoms with Gasteiger partial charge in [-0.2, -0.15) is 0 Å². The van der Waals surface area contributed by atoms with Gasteiger partial charge in [0.05, 0.1) is 0 Å². The van der Waals surface area contributed by atoms with Gasteiger partial charge in [-0.15, -0.1) is 0 Å². The van der Waals surface area contributed by atoms with Crippen LogP contribution in [0, 0.1) is 5.92 Å². The average Bonchev–Trinajstić information content (AvgIpc) is 2.28. The van der Waals surface area contributed by atoms with Crippen molar-refractivity contribution in [2.24, 2.45) is 5.92 Å². The normalized spacial score (nSPS) is 27.1. The molecule has 0 heterocycles. The molecule has 3 unspecified atom stereocenters. The Morgan fingerprint density at radius 1 is 1.53 bits per heavy atom. The number of carboxylic acids is 1. The second-order valence-corrected chi connectivity index (χ2v) is 5.31. The molecule has 0 amide bonds. The van der Waals surface area contributed by atoms with Crippen molar-refractivity contribution in [2.45, 2.75) is 51.6 Å². The fraction of sp³-hybridized carbons (Fsp3) is 0.923. The Morgan fingerprint density at radius 2 is 2.24 bits per heavy atom. The molecule has 100 valence electrons. The number of carbonyl (C=O) groups is 1. The molecule has 2 N–H and O–H groups in total. The zero-order chi connectivity index (χ0) is 12.8. The van der Waals surface area contributed by atoms with Crippen LogP contribution in [0.1, 0.15) is 39.5 Å². The van der Waals surface area contributed by atoms with Crippen LogP contribution >= 0.6 is 0 Å². The van der Waals surface area contributed by atoms with E-state index in [1.807, 2.05) is 6.92 Å². The summed E-state index contributed by atoms with van der Waals surface area (Å²) >= 11 is 0. The molecule has 1 aliphatic carbocycles. The van der Waals surface area contributed by atoms with Crippen molar-refractivity contribution in [3.05, 3.63) is 0 Å². The molecule has 4 nitrogen and oxygen atoms in total. The lowest BCUT2D eigenvalue weighted by atomic mass is 9.86. The molecule has 0 radical (unpaired) electrons. The van der Waals surface area contributed by atoms with Crippen LogP contribution in [0.5, 0.6) is 0 Å². The van der Waals surface area contributed by atoms with Gasteiger partial charge in [0.25, 0.3) is 0 Å². The van der Waals surface area contributed by atoms with Gasteiger partial charge in [-0.3, -0.25) is 4.79 Å². The van der Waals surface area contributed by atoms with Crippen LogP contribution in [0.2, 0.25) is 0 Å². The Bertz CT molecular complexity index is 246. The molecule has 0 aliphatic heterocycles. The van der Waals surface area contributed by atoms with Crippen LogP contribution < -0.4 is 5.32 Å². The minimum absolute atomic E-state index is 0.442. The lowest BCUT2D eigenvalue weighted by Crippen LogP contribution is -2.48. The highest BCUT2D eigenvalue weighted by Gasteiger charge is 2.26. The third kappa shape index (κ3) is 4.64. The van der Waals surface area contributed by atoms with Gasteiger partial charge in [-0.1, -0.05) is 26.7 Å². The molecule has 1 aliphatic rings. The van der Waals surface area contributed by atoms with Gasteiger partial charge in [-0.05, 0) is 32.4 Å². The topological polar surface area (TPSA) is 52.6 Å². The minimum atomic E-state index is -0.748. The maximum atomic E-state index is 11.1. The summed E-state index contributed by atoms with van der Waals surface area (Å²) in [6.07, 6.45) is 5.00. The number of carboxylic acid groups (broad SMARTS) is 1. The number of aliphatic carboxylic acids is 1. The molecular formula is C13H26N2O2. The molecular weight excluding hydrogens is 216 g/mol. The summed E-state index contributed by atoms with van der Waals surface area (Å²) in [7, 11) is 2.05. The van der Waals surface area contributed by atoms with Gasteiger partial charge in [0.2, 0.25) is 0 Å². The highest BCUT2D eigenvalue weighted by atomic mass is 16.4. The summed E-state index contributed by atoms with van der Waals surface area (Å²) in [6.45, 7) is 5.53. The summed E-state index contributed by atoms with van der Waals surface area (Å²) in [5, 5.41) is 12.1. The van der Waals surface area contributed by atoms with Gasteiger partial charge in [0.15, 0.2) is 0 Å². The van der Waals surface area contributed by atoms with Crippen LogP contribution in [-0.4, -0.2) is 48.2 Å². The number of nitrogens with one attached hydrogen (secondary N) is 1. The first-order chi connectivity index (χ1) is 8.04. The molecule has 0 aromatic carbocycles. The lowest BCUT2D eigenvalue weighted by molar-refractivity contribution is -0.140. The largest absolute Gasteiger partial charge is 0.480 e. The summed E-state index contributed by atoms with van der Waals surface area (Å²) in [4.78, 5) is 13.3. The molecule has 0 bridgehead atoms. The van der Waals surface area contributed by atoms with E-state index < -0.39 is 12.0 Å². The first-order valence-corrected chi connectivity index (χ1v) is 6.71. The van der Waals surface area contributed by atoms with Crippen LogP contribution in [-0.2, 0) is 4.79 Å². The predicted octanol–water partition coefficient (Wildman–Crippen LogP) is 1.56. The van der Waals surface area contributed by atoms with E-state index in [1.54, 1.807) is 0 Å². The molecule has 3 atom stereocenters. The van der Waals surface area contributed by atoms with Crippen molar-refractivity contribution < 1.29 is 9.90 Å². The lowest BCUT2D eigenvalue weighted by Gasteiger charge is -2.35. The number of hydrogen-bond donors (Lipinski definition) is 2. The molecule has 17 heavy (non-hydrogen) atoms. The highest BCUT2D eigenvalue weighted by Crippen LogP contribution is 2.26. The molecule has 0 aromatic rings. The molecule has 1 fully saturated rings. The van der Waals surface area contributed by atoms with Crippen molar-refractivity contribution in [2.75, 3.05) is 20.1 Å². The van der Waals surface area contributed by atoms with Gasteiger partial charge >= 0.3 is 5.97 Å². The third-order valence-corrected chi connectivity index (χ3v) is 3.75. The molecule has 1 saturated carbocycles. The fourth-order valence-corrected chi connectivity index (χ4v) is 2.72. The maximum Gasteiger partial charge on any atom is 0.322 e. The average molecular weight is 242 g/mol. The van der Waals surface area contributed by atoms with E-state index in [9.17, 15) is 4.79 Å².